The lowest BCUT2D eigenvalue weighted by Crippen LogP contribution is -2.19. The normalized spacial score (nSPS) is 10.7. The molecule has 184 valence electrons. The van der Waals surface area contributed by atoms with Crippen molar-refractivity contribution in [3.8, 4) is 23.0 Å². The van der Waals surface area contributed by atoms with E-state index >= 15 is 0 Å². The quantitative estimate of drug-likeness (QED) is 0.120. The van der Waals surface area contributed by atoms with Crippen molar-refractivity contribution in [1.29, 1.82) is 0 Å². The maximum absolute atomic E-state index is 12.5. The van der Waals surface area contributed by atoms with Gasteiger partial charge in [0.2, 0.25) is 0 Å². The minimum absolute atomic E-state index is 0.288. The number of hydrogen-bond acceptors (Lipinski definition) is 6. The second kappa shape index (κ2) is 11.1. The van der Waals surface area contributed by atoms with E-state index in [1.165, 1.54) is 0 Å². The van der Waals surface area contributed by atoms with Crippen molar-refractivity contribution in [1.82, 2.24) is 0 Å². The molecule has 0 radical (unpaired) electrons. The Balaban J connectivity index is 1.46. The number of halogens is 1. The number of carbonyl (C=O) groups excluding carboxylic acids is 2. The topological polar surface area (TPSA) is 71.1 Å². The van der Waals surface area contributed by atoms with Gasteiger partial charge < -0.3 is 18.9 Å². The van der Waals surface area contributed by atoms with Gasteiger partial charge in [0, 0.05) is 26.0 Å². The van der Waals surface area contributed by atoms with E-state index in [1.807, 2.05) is 54.6 Å². The summed E-state index contributed by atoms with van der Waals surface area (Å²) < 4.78 is 23.6. The second-order valence-corrected chi connectivity index (χ2v) is 8.87. The zero-order chi connectivity index (χ0) is 25.6. The van der Waals surface area contributed by atoms with Crippen molar-refractivity contribution in [2.24, 2.45) is 0 Å². The van der Waals surface area contributed by atoms with Crippen LogP contribution >= 0.6 is 15.9 Å². The van der Waals surface area contributed by atoms with Gasteiger partial charge in [0.15, 0.2) is 13.2 Å². The fourth-order valence-electron chi connectivity index (χ4n) is 3.97. The number of para-hydroxylation sites is 2. The predicted octanol–water partition coefficient (Wildman–Crippen LogP) is 6.72. The van der Waals surface area contributed by atoms with Gasteiger partial charge >= 0.3 is 11.9 Å². The third-order valence-electron chi connectivity index (χ3n) is 5.52. The molecule has 0 atom stereocenters. The van der Waals surface area contributed by atoms with Crippen LogP contribution in [0.25, 0.3) is 21.5 Å². The fraction of sp³-hybridized carbons (Fsp3) is 0.0667. The van der Waals surface area contributed by atoms with Crippen LogP contribution in [0.4, 0.5) is 0 Å². The van der Waals surface area contributed by atoms with Crippen molar-refractivity contribution in [2.45, 2.75) is 0 Å². The Hall–Kier alpha value is -4.36. The van der Waals surface area contributed by atoms with Crippen molar-refractivity contribution >= 4 is 49.4 Å². The van der Waals surface area contributed by atoms with Crippen LogP contribution in [0.15, 0.2) is 108 Å². The average Bonchev–Trinajstić information content (AvgIpc) is 2.92. The summed E-state index contributed by atoms with van der Waals surface area (Å²) >= 11 is 3.61. The number of rotatable bonds is 8. The lowest BCUT2D eigenvalue weighted by atomic mass is 10.0. The summed E-state index contributed by atoms with van der Waals surface area (Å²) in [5.41, 5.74) is 0. The molecule has 0 aliphatic heterocycles. The second-order valence-electron chi connectivity index (χ2n) is 8.02. The zero-order valence-corrected chi connectivity index (χ0v) is 21.1. The SMILES string of the molecule is O=C(COc1c2ccccc2c(OCC(=O)Oc2ccccc2)c2c(Br)cccc12)Oc1ccccc1. The largest absolute Gasteiger partial charge is 0.481 e. The lowest BCUT2D eigenvalue weighted by Gasteiger charge is -2.18. The van der Waals surface area contributed by atoms with Gasteiger partial charge in [-0.25, -0.2) is 9.59 Å². The summed E-state index contributed by atoms with van der Waals surface area (Å²) in [5.74, 6) is 0.845. The minimum Gasteiger partial charge on any atom is -0.481 e. The Labute approximate surface area is 221 Å². The molecule has 0 spiro atoms. The molecule has 7 heteroatoms. The molecule has 0 N–H and O–H groups in total. The van der Waals surface area contributed by atoms with Gasteiger partial charge in [-0.15, -0.1) is 0 Å². The third kappa shape index (κ3) is 5.57. The molecule has 0 aliphatic rings. The van der Waals surface area contributed by atoms with Gasteiger partial charge in [-0.2, -0.15) is 0 Å². The molecule has 6 nitrogen and oxygen atoms in total. The van der Waals surface area contributed by atoms with Crippen LogP contribution < -0.4 is 18.9 Å². The molecule has 0 saturated carbocycles. The Bertz CT molecular complexity index is 1570. The molecule has 5 aromatic rings. The molecule has 5 aromatic carbocycles. The molecule has 0 bridgehead atoms. The summed E-state index contributed by atoms with van der Waals surface area (Å²) in [5, 5.41) is 2.88. The molecule has 0 fully saturated rings. The van der Waals surface area contributed by atoms with Gasteiger partial charge in [0.1, 0.15) is 23.0 Å². The number of fused-ring (bicyclic) bond motifs is 2. The van der Waals surface area contributed by atoms with E-state index in [4.69, 9.17) is 18.9 Å². The van der Waals surface area contributed by atoms with Crippen molar-refractivity contribution in [3.05, 3.63) is 108 Å². The Morgan fingerprint density at radius 1 is 0.541 bits per heavy atom. The molecule has 0 aliphatic carbocycles. The smallest absolute Gasteiger partial charge is 0.349 e. The molecule has 0 heterocycles. The summed E-state index contributed by atoms with van der Waals surface area (Å²) in [6.07, 6.45) is 0. The monoisotopic (exact) mass is 556 g/mol. The zero-order valence-electron chi connectivity index (χ0n) is 19.6. The molecule has 37 heavy (non-hydrogen) atoms. The third-order valence-corrected chi connectivity index (χ3v) is 6.18. The number of benzene rings is 5. The average molecular weight is 557 g/mol. The molecule has 5 rings (SSSR count). The molecule has 0 amide bonds. The number of esters is 2. The van der Waals surface area contributed by atoms with E-state index in [0.717, 1.165) is 15.2 Å². The highest BCUT2D eigenvalue weighted by Crippen LogP contribution is 2.45. The summed E-state index contributed by atoms with van der Waals surface area (Å²) in [4.78, 5) is 25.0. The highest BCUT2D eigenvalue weighted by molar-refractivity contribution is 9.10. The van der Waals surface area contributed by atoms with E-state index in [0.29, 0.717) is 33.8 Å². The Kier molecular flexibility index (Phi) is 7.33. The maximum atomic E-state index is 12.5. The Morgan fingerprint density at radius 2 is 1.00 bits per heavy atom. The molecular formula is C30H21BrO6. The highest BCUT2D eigenvalue weighted by atomic mass is 79.9. The van der Waals surface area contributed by atoms with Crippen LogP contribution in [0.5, 0.6) is 23.0 Å². The van der Waals surface area contributed by atoms with Gasteiger partial charge in [0.25, 0.3) is 0 Å². The first-order valence-electron chi connectivity index (χ1n) is 11.5. The summed E-state index contributed by atoms with van der Waals surface area (Å²) in [6, 6.07) is 30.8. The van der Waals surface area contributed by atoms with Gasteiger partial charge in [-0.3, -0.25) is 0 Å². The first-order valence-corrected chi connectivity index (χ1v) is 12.3. The molecular weight excluding hydrogens is 536 g/mol. The lowest BCUT2D eigenvalue weighted by molar-refractivity contribution is -0.137. The van der Waals surface area contributed by atoms with E-state index in [2.05, 4.69) is 15.9 Å². The molecule has 0 unspecified atom stereocenters. The highest BCUT2D eigenvalue weighted by Gasteiger charge is 2.20. The van der Waals surface area contributed by atoms with E-state index < -0.39 is 11.9 Å². The van der Waals surface area contributed by atoms with Crippen LogP contribution in [-0.4, -0.2) is 25.2 Å². The van der Waals surface area contributed by atoms with Gasteiger partial charge in [-0.05, 0) is 30.3 Å². The number of hydrogen-bond donors (Lipinski definition) is 0. The first-order chi connectivity index (χ1) is 18.1. The van der Waals surface area contributed by atoms with Crippen LogP contribution in [0.2, 0.25) is 0 Å². The summed E-state index contributed by atoms with van der Waals surface area (Å²) in [7, 11) is 0. The van der Waals surface area contributed by atoms with Crippen LogP contribution in [-0.2, 0) is 9.59 Å². The van der Waals surface area contributed by atoms with Crippen LogP contribution in [0.3, 0.4) is 0 Å². The van der Waals surface area contributed by atoms with E-state index in [1.54, 1.807) is 48.5 Å². The van der Waals surface area contributed by atoms with E-state index in [-0.39, 0.29) is 13.2 Å². The van der Waals surface area contributed by atoms with E-state index in [9.17, 15) is 9.59 Å². The van der Waals surface area contributed by atoms with Crippen molar-refractivity contribution in [2.75, 3.05) is 13.2 Å². The van der Waals surface area contributed by atoms with Crippen molar-refractivity contribution < 1.29 is 28.5 Å². The predicted molar refractivity (Wildman–Crippen MR) is 144 cm³/mol. The minimum atomic E-state index is -0.528. The maximum Gasteiger partial charge on any atom is 0.349 e. The van der Waals surface area contributed by atoms with Gasteiger partial charge in [0.05, 0.1) is 0 Å². The first kappa shape index (κ1) is 24.3. The fourth-order valence-corrected chi connectivity index (χ4v) is 4.52. The van der Waals surface area contributed by atoms with Crippen molar-refractivity contribution in [3.63, 3.8) is 0 Å². The summed E-state index contributed by atoms with van der Waals surface area (Å²) in [6.45, 7) is -0.580. The van der Waals surface area contributed by atoms with Crippen LogP contribution in [0, 0.1) is 0 Å². The van der Waals surface area contributed by atoms with Crippen LogP contribution in [0.1, 0.15) is 0 Å². The number of carbonyl (C=O) groups is 2. The number of ether oxygens (including phenoxy) is 4. The molecule has 0 aromatic heterocycles. The Morgan fingerprint density at radius 3 is 1.57 bits per heavy atom. The standard InChI is InChI=1S/C30H21BrO6/c31-25-17-9-16-24-28(25)30(35-19-27(33)37-21-12-5-2-6-13-21)23-15-8-7-14-22(23)29(24)34-18-26(32)36-20-10-3-1-4-11-20/h1-17H,18-19H2. The molecule has 0 saturated heterocycles. The van der Waals surface area contributed by atoms with Gasteiger partial charge in [-0.1, -0.05) is 88.7 Å².